The van der Waals surface area contributed by atoms with Crippen LogP contribution in [0.2, 0.25) is 0 Å². The molecular weight excluding hydrogens is 303 g/mol. The first-order valence-corrected chi connectivity index (χ1v) is 8.07. The van der Waals surface area contributed by atoms with Crippen LogP contribution >= 0.6 is 11.3 Å². The lowest BCUT2D eigenvalue weighted by atomic mass is 9.86. The van der Waals surface area contributed by atoms with Gasteiger partial charge in [0.1, 0.15) is 17.1 Å². The highest BCUT2D eigenvalue weighted by molar-refractivity contribution is 7.07. The third kappa shape index (κ3) is 2.83. The Morgan fingerprint density at radius 1 is 1.41 bits per heavy atom. The van der Waals surface area contributed by atoms with Crippen LogP contribution in [0.5, 0.6) is 5.75 Å². The summed E-state index contributed by atoms with van der Waals surface area (Å²) in [5, 5.41) is 1.72. The first kappa shape index (κ1) is 15.0. The number of carbonyl (C=O) groups excluding carboxylic acids is 1. The first-order chi connectivity index (χ1) is 10.6. The van der Waals surface area contributed by atoms with Gasteiger partial charge < -0.3 is 9.64 Å². The summed E-state index contributed by atoms with van der Waals surface area (Å²) >= 11 is 1.39. The topological polar surface area (TPSA) is 42.4 Å². The standard InChI is InChI=1S/C16H17FN2O2S/c1-21-13-4-2-3-12(9-13)16(17)5-7-19(8-6-16)15(20)14-10-22-11-18-14/h2-4,9-11H,5-8H2,1H3. The van der Waals surface area contributed by atoms with Crippen LogP contribution < -0.4 is 4.74 Å². The van der Waals surface area contributed by atoms with Gasteiger partial charge in [-0.3, -0.25) is 4.79 Å². The fourth-order valence-electron chi connectivity index (χ4n) is 2.73. The molecule has 0 aliphatic carbocycles. The van der Waals surface area contributed by atoms with Crippen molar-refractivity contribution >= 4 is 17.2 Å². The average Bonchev–Trinajstić information content (AvgIpc) is 3.09. The average molecular weight is 320 g/mol. The zero-order chi connectivity index (χ0) is 15.6. The second-order valence-corrected chi connectivity index (χ2v) is 6.08. The fourth-order valence-corrected chi connectivity index (χ4v) is 3.26. The molecule has 0 radical (unpaired) electrons. The number of halogens is 1. The second kappa shape index (κ2) is 6.04. The summed E-state index contributed by atoms with van der Waals surface area (Å²) in [7, 11) is 1.57. The van der Waals surface area contributed by atoms with E-state index < -0.39 is 5.67 Å². The predicted octanol–water partition coefficient (Wildman–Crippen LogP) is 3.25. The van der Waals surface area contributed by atoms with Crippen LogP contribution in [0.1, 0.15) is 28.9 Å². The van der Waals surface area contributed by atoms with E-state index in [4.69, 9.17) is 4.74 Å². The molecule has 2 aromatic rings. The second-order valence-electron chi connectivity index (χ2n) is 5.36. The maximum atomic E-state index is 15.2. The molecule has 0 atom stereocenters. The molecule has 1 aromatic heterocycles. The number of alkyl halides is 1. The molecule has 3 rings (SSSR count). The molecule has 2 heterocycles. The van der Waals surface area contributed by atoms with Gasteiger partial charge in [-0.05, 0) is 17.7 Å². The Balaban J connectivity index is 1.71. The molecule has 1 aliphatic rings. The molecule has 0 bridgehead atoms. The van der Waals surface area contributed by atoms with E-state index in [9.17, 15) is 4.79 Å². The van der Waals surface area contributed by atoms with E-state index in [1.807, 2.05) is 0 Å². The summed E-state index contributed by atoms with van der Waals surface area (Å²) < 4.78 is 20.4. The highest BCUT2D eigenvalue weighted by Crippen LogP contribution is 2.38. The summed E-state index contributed by atoms with van der Waals surface area (Å²) in [6.45, 7) is 0.786. The van der Waals surface area contributed by atoms with E-state index in [-0.39, 0.29) is 18.7 Å². The van der Waals surface area contributed by atoms with E-state index in [0.717, 1.165) is 0 Å². The molecule has 1 aliphatic heterocycles. The first-order valence-electron chi connectivity index (χ1n) is 7.13. The van der Waals surface area contributed by atoms with Gasteiger partial charge in [-0.25, -0.2) is 9.37 Å². The summed E-state index contributed by atoms with van der Waals surface area (Å²) in [5.74, 6) is 0.532. The van der Waals surface area contributed by atoms with Crippen molar-refractivity contribution in [3.05, 3.63) is 46.4 Å². The Morgan fingerprint density at radius 2 is 2.18 bits per heavy atom. The minimum absolute atomic E-state index is 0.117. The molecule has 6 heteroatoms. The number of likely N-dealkylation sites (tertiary alicyclic amines) is 1. The van der Waals surface area contributed by atoms with Crippen molar-refractivity contribution < 1.29 is 13.9 Å². The van der Waals surface area contributed by atoms with Gasteiger partial charge in [0.05, 0.1) is 12.6 Å². The Bertz CT molecular complexity index is 652. The largest absolute Gasteiger partial charge is 0.497 e. The number of methoxy groups -OCH3 is 1. The summed E-state index contributed by atoms with van der Waals surface area (Å²) in [5.41, 5.74) is 1.28. The summed E-state index contributed by atoms with van der Waals surface area (Å²) in [6.07, 6.45) is 0.575. The van der Waals surface area contributed by atoms with Crippen molar-refractivity contribution in [2.24, 2.45) is 0 Å². The number of ether oxygens (including phenoxy) is 1. The third-order valence-electron chi connectivity index (χ3n) is 4.08. The molecule has 22 heavy (non-hydrogen) atoms. The molecule has 0 spiro atoms. The van der Waals surface area contributed by atoms with Crippen LogP contribution in [0, 0.1) is 0 Å². The molecule has 1 amide bonds. The number of rotatable bonds is 3. The van der Waals surface area contributed by atoms with Gasteiger partial charge in [0.15, 0.2) is 0 Å². The van der Waals surface area contributed by atoms with Crippen LogP contribution in [0.4, 0.5) is 4.39 Å². The van der Waals surface area contributed by atoms with Crippen LogP contribution in [0.3, 0.4) is 0 Å². The Morgan fingerprint density at radius 3 is 2.82 bits per heavy atom. The highest BCUT2D eigenvalue weighted by atomic mass is 32.1. The number of carbonyl (C=O) groups is 1. The van der Waals surface area contributed by atoms with E-state index in [2.05, 4.69) is 4.98 Å². The van der Waals surface area contributed by atoms with Crippen molar-refractivity contribution in [1.29, 1.82) is 0 Å². The number of hydrogen-bond donors (Lipinski definition) is 0. The van der Waals surface area contributed by atoms with Gasteiger partial charge in [0, 0.05) is 31.3 Å². The van der Waals surface area contributed by atoms with Gasteiger partial charge in [0.25, 0.3) is 5.91 Å². The lowest BCUT2D eigenvalue weighted by Gasteiger charge is -2.36. The fraction of sp³-hybridized carbons (Fsp3) is 0.375. The van der Waals surface area contributed by atoms with Crippen LogP contribution in [-0.2, 0) is 5.67 Å². The van der Waals surface area contributed by atoms with Gasteiger partial charge in [0.2, 0.25) is 0 Å². The highest BCUT2D eigenvalue weighted by Gasteiger charge is 2.38. The lowest BCUT2D eigenvalue weighted by Crippen LogP contribution is -2.43. The number of amides is 1. The Labute approximate surface area is 132 Å². The maximum absolute atomic E-state index is 15.2. The maximum Gasteiger partial charge on any atom is 0.273 e. The van der Waals surface area contributed by atoms with E-state index in [1.165, 1.54) is 11.3 Å². The number of nitrogens with zero attached hydrogens (tertiary/aromatic N) is 2. The van der Waals surface area contributed by atoms with E-state index in [0.29, 0.717) is 30.1 Å². The minimum atomic E-state index is -1.41. The van der Waals surface area contributed by atoms with E-state index >= 15 is 4.39 Å². The Kier molecular flexibility index (Phi) is 4.11. The summed E-state index contributed by atoms with van der Waals surface area (Å²) in [6, 6.07) is 7.11. The molecule has 116 valence electrons. The normalized spacial score (nSPS) is 17.3. The van der Waals surface area contributed by atoms with Crippen molar-refractivity contribution in [3.63, 3.8) is 0 Å². The molecule has 1 saturated heterocycles. The predicted molar refractivity (Wildman–Crippen MR) is 83.0 cm³/mol. The summed E-state index contributed by atoms with van der Waals surface area (Å²) in [4.78, 5) is 17.9. The number of thiazole rings is 1. The smallest absolute Gasteiger partial charge is 0.273 e. The number of benzene rings is 1. The molecule has 1 fully saturated rings. The van der Waals surface area contributed by atoms with Gasteiger partial charge in [-0.2, -0.15) is 0 Å². The molecule has 0 unspecified atom stereocenters. The van der Waals surface area contributed by atoms with E-state index in [1.54, 1.807) is 47.2 Å². The van der Waals surface area contributed by atoms with Crippen LogP contribution in [-0.4, -0.2) is 36.0 Å². The van der Waals surface area contributed by atoms with Gasteiger partial charge >= 0.3 is 0 Å². The molecule has 0 N–H and O–H groups in total. The zero-order valence-electron chi connectivity index (χ0n) is 12.3. The lowest BCUT2D eigenvalue weighted by molar-refractivity contribution is 0.0417. The van der Waals surface area contributed by atoms with Crippen molar-refractivity contribution in [3.8, 4) is 5.75 Å². The number of hydrogen-bond acceptors (Lipinski definition) is 4. The van der Waals surface area contributed by atoms with Crippen LogP contribution in [0.25, 0.3) is 0 Å². The van der Waals surface area contributed by atoms with Crippen molar-refractivity contribution in [2.75, 3.05) is 20.2 Å². The number of aromatic nitrogens is 1. The van der Waals surface area contributed by atoms with Crippen molar-refractivity contribution in [2.45, 2.75) is 18.5 Å². The molecule has 4 nitrogen and oxygen atoms in total. The minimum Gasteiger partial charge on any atom is -0.497 e. The van der Waals surface area contributed by atoms with Gasteiger partial charge in [-0.15, -0.1) is 11.3 Å². The van der Waals surface area contributed by atoms with Gasteiger partial charge in [-0.1, -0.05) is 12.1 Å². The molecule has 0 saturated carbocycles. The Hall–Kier alpha value is -1.95. The SMILES string of the molecule is COc1cccc(C2(F)CCN(C(=O)c3cscn3)CC2)c1. The zero-order valence-corrected chi connectivity index (χ0v) is 13.1. The quantitative estimate of drug-likeness (QED) is 0.872. The number of piperidine rings is 1. The molecular formula is C16H17FN2O2S. The van der Waals surface area contributed by atoms with Crippen molar-refractivity contribution in [1.82, 2.24) is 9.88 Å². The monoisotopic (exact) mass is 320 g/mol. The third-order valence-corrected chi connectivity index (χ3v) is 4.67. The van der Waals surface area contributed by atoms with Crippen LogP contribution in [0.15, 0.2) is 35.2 Å². The molecule has 1 aromatic carbocycles.